The Kier molecular flexibility index (Phi) is 4.35. The molecule has 2 aromatic rings. The molecule has 0 fully saturated rings. The molecule has 0 unspecified atom stereocenters. The molecule has 0 aliphatic rings. The van der Waals surface area contributed by atoms with Gasteiger partial charge in [-0.15, -0.1) is 0 Å². The smallest absolute Gasteiger partial charge is 0.272 e. The van der Waals surface area contributed by atoms with Gasteiger partial charge in [0.15, 0.2) is 0 Å². The van der Waals surface area contributed by atoms with Gasteiger partial charge in [-0.1, -0.05) is 23.2 Å². The molecule has 4 nitrogen and oxygen atoms in total. The second-order valence-electron chi connectivity index (χ2n) is 4.83. The second-order valence-corrected chi connectivity index (χ2v) is 5.62. The summed E-state index contributed by atoms with van der Waals surface area (Å²) >= 11 is 11.8. The summed E-state index contributed by atoms with van der Waals surface area (Å²) in [6.07, 6.45) is 3.27. The molecule has 0 aliphatic heterocycles. The molecule has 106 valence electrons. The second kappa shape index (κ2) is 5.85. The lowest BCUT2D eigenvalue weighted by Crippen LogP contribution is -2.18. The zero-order valence-electron chi connectivity index (χ0n) is 11.4. The number of nitrogens with zero attached hydrogens (tertiary/aromatic N) is 2. The molecule has 0 saturated heterocycles. The molecule has 20 heavy (non-hydrogen) atoms. The summed E-state index contributed by atoms with van der Waals surface area (Å²) in [6, 6.07) is 3.57. The van der Waals surface area contributed by atoms with E-state index in [1.165, 1.54) is 6.20 Å². The van der Waals surface area contributed by atoms with Crippen molar-refractivity contribution in [3.63, 3.8) is 0 Å². The maximum absolute atomic E-state index is 12.3. The average Bonchev–Trinajstić information content (AvgIpc) is 2.76. The molecule has 2 rings (SSSR count). The first-order valence-corrected chi connectivity index (χ1v) is 6.95. The van der Waals surface area contributed by atoms with Gasteiger partial charge in [-0.2, -0.15) is 0 Å². The Bertz CT molecular complexity index is 650. The molecule has 2 aromatic heterocycles. The van der Waals surface area contributed by atoms with Gasteiger partial charge in [0.2, 0.25) is 0 Å². The number of rotatable bonds is 3. The van der Waals surface area contributed by atoms with Gasteiger partial charge < -0.3 is 9.88 Å². The SMILES string of the molecule is Cc1cc(NC(=O)c2cc(Cl)cn2C(C)C)cnc1Cl. The lowest BCUT2D eigenvalue weighted by molar-refractivity contribution is 0.101. The molecule has 0 radical (unpaired) electrons. The van der Waals surface area contributed by atoms with Gasteiger partial charge in [0.25, 0.3) is 5.91 Å². The zero-order valence-corrected chi connectivity index (χ0v) is 13.0. The highest BCUT2D eigenvalue weighted by Gasteiger charge is 2.15. The Morgan fingerprint density at radius 3 is 2.65 bits per heavy atom. The predicted molar refractivity (Wildman–Crippen MR) is 81.8 cm³/mol. The Labute approximate surface area is 127 Å². The first-order valence-electron chi connectivity index (χ1n) is 6.19. The molecule has 0 atom stereocenters. The molecular formula is C14H15Cl2N3O. The van der Waals surface area contributed by atoms with Gasteiger partial charge in [-0.05, 0) is 38.5 Å². The molecular weight excluding hydrogens is 297 g/mol. The van der Waals surface area contributed by atoms with Crippen molar-refractivity contribution in [2.45, 2.75) is 26.8 Å². The largest absolute Gasteiger partial charge is 0.339 e. The van der Waals surface area contributed by atoms with Crippen LogP contribution in [0.25, 0.3) is 0 Å². The van der Waals surface area contributed by atoms with Crippen molar-refractivity contribution >= 4 is 34.8 Å². The fourth-order valence-corrected chi connectivity index (χ4v) is 2.19. The predicted octanol–water partition coefficient (Wildman–Crippen LogP) is 4.33. The molecule has 1 amide bonds. The number of hydrogen-bond donors (Lipinski definition) is 1. The van der Waals surface area contributed by atoms with Crippen molar-refractivity contribution in [3.05, 3.63) is 46.0 Å². The summed E-state index contributed by atoms with van der Waals surface area (Å²) in [6.45, 7) is 5.81. The Morgan fingerprint density at radius 1 is 1.35 bits per heavy atom. The van der Waals surface area contributed by atoms with Gasteiger partial charge in [-0.25, -0.2) is 4.98 Å². The molecule has 1 N–H and O–H groups in total. The highest BCUT2D eigenvalue weighted by molar-refractivity contribution is 6.31. The van der Waals surface area contributed by atoms with Crippen LogP contribution in [0.5, 0.6) is 0 Å². The van der Waals surface area contributed by atoms with E-state index in [9.17, 15) is 4.79 Å². The van der Waals surface area contributed by atoms with Crippen molar-refractivity contribution in [2.24, 2.45) is 0 Å². The van der Waals surface area contributed by atoms with E-state index in [4.69, 9.17) is 23.2 Å². The third-order valence-electron chi connectivity index (χ3n) is 2.88. The highest BCUT2D eigenvalue weighted by Crippen LogP contribution is 2.21. The summed E-state index contributed by atoms with van der Waals surface area (Å²) < 4.78 is 1.83. The average molecular weight is 312 g/mol. The van der Waals surface area contributed by atoms with Crippen LogP contribution in [0, 0.1) is 6.92 Å². The zero-order chi connectivity index (χ0) is 14.9. The Morgan fingerprint density at radius 2 is 2.05 bits per heavy atom. The topological polar surface area (TPSA) is 46.9 Å². The van der Waals surface area contributed by atoms with Crippen LogP contribution in [0.1, 0.15) is 35.9 Å². The maximum Gasteiger partial charge on any atom is 0.272 e. The van der Waals surface area contributed by atoms with Crippen LogP contribution in [-0.4, -0.2) is 15.5 Å². The van der Waals surface area contributed by atoms with E-state index in [0.29, 0.717) is 21.6 Å². The number of anilines is 1. The van der Waals surface area contributed by atoms with E-state index < -0.39 is 0 Å². The molecule has 0 aliphatic carbocycles. The van der Waals surface area contributed by atoms with Crippen LogP contribution in [0.3, 0.4) is 0 Å². The van der Waals surface area contributed by atoms with Crippen LogP contribution in [0.2, 0.25) is 10.2 Å². The van der Waals surface area contributed by atoms with Crippen LogP contribution in [0.15, 0.2) is 24.5 Å². The number of pyridine rings is 1. The number of hydrogen-bond acceptors (Lipinski definition) is 2. The van der Waals surface area contributed by atoms with Crippen LogP contribution in [0.4, 0.5) is 5.69 Å². The maximum atomic E-state index is 12.3. The van der Waals surface area contributed by atoms with Crippen molar-refractivity contribution < 1.29 is 4.79 Å². The van der Waals surface area contributed by atoms with E-state index in [-0.39, 0.29) is 11.9 Å². The van der Waals surface area contributed by atoms with Gasteiger partial charge in [0, 0.05) is 12.2 Å². The van der Waals surface area contributed by atoms with E-state index in [1.54, 1.807) is 18.3 Å². The molecule has 2 heterocycles. The molecule has 0 aromatic carbocycles. The number of nitrogens with one attached hydrogen (secondary N) is 1. The van der Waals surface area contributed by atoms with Crippen LogP contribution >= 0.6 is 23.2 Å². The lowest BCUT2D eigenvalue weighted by Gasteiger charge is -2.12. The minimum absolute atomic E-state index is 0.147. The first-order chi connectivity index (χ1) is 9.38. The summed E-state index contributed by atoms with van der Waals surface area (Å²) in [4.78, 5) is 16.3. The number of amides is 1. The van der Waals surface area contributed by atoms with Gasteiger partial charge in [0.1, 0.15) is 10.8 Å². The van der Waals surface area contributed by atoms with Crippen molar-refractivity contribution in [3.8, 4) is 0 Å². The fraction of sp³-hybridized carbons (Fsp3) is 0.286. The van der Waals surface area contributed by atoms with E-state index in [2.05, 4.69) is 10.3 Å². The number of carbonyl (C=O) groups is 1. The van der Waals surface area contributed by atoms with Crippen molar-refractivity contribution in [1.82, 2.24) is 9.55 Å². The number of carbonyl (C=O) groups excluding carboxylic acids is 1. The van der Waals surface area contributed by atoms with E-state index >= 15 is 0 Å². The number of aryl methyl sites for hydroxylation is 1. The third-order valence-corrected chi connectivity index (χ3v) is 3.48. The summed E-state index contributed by atoms with van der Waals surface area (Å²) in [5.74, 6) is -0.228. The standard InChI is InChI=1S/C14H15Cl2N3O/c1-8(2)19-7-10(15)5-12(19)14(20)18-11-4-9(3)13(16)17-6-11/h4-8H,1-3H3,(H,18,20). The molecule has 0 bridgehead atoms. The Hall–Kier alpha value is -1.52. The minimum Gasteiger partial charge on any atom is -0.339 e. The summed E-state index contributed by atoms with van der Waals surface area (Å²) in [5, 5.41) is 3.76. The fourth-order valence-electron chi connectivity index (χ4n) is 1.88. The van der Waals surface area contributed by atoms with Crippen molar-refractivity contribution in [1.29, 1.82) is 0 Å². The summed E-state index contributed by atoms with van der Waals surface area (Å²) in [7, 11) is 0. The Balaban J connectivity index is 2.26. The third kappa shape index (κ3) is 3.14. The first kappa shape index (κ1) is 14.9. The van der Waals surface area contributed by atoms with E-state index in [1.807, 2.05) is 25.3 Å². The quantitative estimate of drug-likeness (QED) is 0.857. The monoisotopic (exact) mass is 311 g/mol. The van der Waals surface area contributed by atoms with Crippen LogP contribution in [-0.2, 0) is 0 Å². The number of aromatic nitrogens is 2. The van der Waals surface area contributed by atoms with Crippen molar-refractivity contribution in [2.75, 3.05) is 5.32 Å². The highest BCUT2D eigenvalue weighted by atomic mass is 35.5. The summed E-state index contributed by atoms with van der Waals surface area (Å²) in [5.41, 5.74) is 1.92. The number of halogens is 2. The molecule has 0 saturated carbocycles. The van der Waals surface area contributed by atoms with E-state index in [0.717, 1.165) is 5.56 Å². The minimum atomic E-state index is -0.228. The normalized spacial score (nSPS) is 10.9. The molecule has 6 heteroatoms. The van der Waals surface area contributed by atoms with Gasteiger partial charge >= 0.3 is 0 Å². The van der Waals surface area contributed by atoms with Gasteiger partial charge in [-0.3, -0.25) is 4.79 Å². The van der Waals surface area contributed by atoms with Gasteiger partial charge in [0.05, 0.1) is 16.9 Å². The lowest BCUT2D eigenvalue weighted by atomic mass is 10.3. The van der Waals surface area contributed by atoms with Crippen LogP contribution < -0.4 is 5.32 Å². The molecule has 0 spiro atoms.